The molecule has 0 heterocycles. The molecule has 1 N–H and O–H groups in total. The van der Waals surface area contributed by atoms with Crippen molar-refractivity contribution in [3.63, 3.8) is 0 Å². The number of ketones is 1. The summed E-state index contributed by atoms with van der Waals surface area (Å²) in [6.45, 7) is 0.613. The van der Waals surface area contributed by atoms with Gasteiger partial charge in [0, 0.05) is 18.0 Å². The summed E-state index contributed by atoms with van der Waals surface area (Å²) < 4.78 is 11.6. The lowest BCUT2D eigenvalue weighted by Gasteiger charge is -2.26. The Bertz CT molecular complexity index is 1030. The van der Waals surface area contributed by atoms with Crippen molar-refractivity contribution in [1.82, 2.24) is 0 Å². The van der Waals surface area contributed by atoms with Gasteiger partial charge in [0.2, 0.25) is 5.91 Å². The SMILES string of the molecule is O=C(CC(COCc1ccccc1)C(=O)Nc1ccc(Oc2ccccc2)cc1)C1CCC1. The highest BCUT2D eigenvalue weighted by Gasteiger charge is 2.30. The van der Waals surface area contributed by atoms with E-state index in [0.29, 0.717) is 18.0 Å². The molecule has 1 aliphatic carbocycles. The fraction of sp³-hybridized carbons (Fsp3) is 0.286. The molecule has 3 aromatic carbocycles. The van der Waals surface area contributed by atoms with Crippen LogP contribution in [0.2, 0.25) is 0 Å². The second kappa shape index (κ2) is 11.4. The highest BCUT2D eigenvalue weighted by Crippen LogP contribution is 2.30. The second-order valence-corrected chi connectivity index (χ2v) is 8.42. The number of Topliss-reactive ketones (excluding diaryl/α,β-unsaturated/α-hetero) is 1. The van der Waals surface area contributed by atoms with Crippen molar-refractivity contribution in [3.05, 3.63) is 90.5 Å². The molecule has 0 bridgehead atoms. The molecular formula is C28H29NO4. The molecule has 0 spiro atoms. The van der Waals surface area contributed by atoms with Crippen molar-refractivity contribution in [3.8, 4) is 11.5 Å². The van der Waals surface area contributed by atoms with Crippen molar-refractivity contribution >= 4 is 17.4 Å². The molecule has 33 heavy (non-hydrogen) atoms. The first kappa shape index (κ1) is 22.7. The Kier molecular flexibility index (Phi) is 7.88. The van der Waals surface area contributed by atoms with E-state index in [1.54, 1.807) is 12.1 Å². The molecule has 5 heteroatoms. The van der Waals surface area contributed by atoms with E-state index in [4.69, 9.17) is 9.47 Å². The van der Waals surface area contributed by atoms with Gasteiger partial charge in [-0.15, -0.1) is 0 Å². The molecule has 4 rings (SSSR count). The molecule has 1 amide bonds. The Morgan fingerprint density at radius 1 is 0.848 bits per heavy atom. The summed E-state index contributed by atoms with van der Waals surface area (Å²) in [4.78, 5) is 25.6. The molecule has 3 aromatic rings. The summed E-state index contributed by atoms with van der Waals surface area (Å²) in [7, 11) is 0. The molecular weight excluding hydrogens is 414 g/mol. The highest BCUT2D eigenvalue weighted by molar-refractivity contribution is 5.96. The topological polar surface area (TPSA) is 64.6 Å². The maximum absolute atomic E-state index is 13.0. The lowest BCUT2D eigenvalue weighted by atomic mass is 9.79. The van der Waals surface area contributed by atoms with E-state index in [9.17, 15) is 9.59 Å². The zero-order valence-corrected chi connectivity index (χ0v) is 18.6. The number of anilines is 1. The Labute approximate surface area is 194 Å². The molecule has 170 valence electrons. The van der Waals surface area contributed by atoms with Gasteiger partial charge in [-0.25, -0.2) is 0 Å². The fourth-order valence-corrected chi connectivity index (χ4v) is 3.74. The molecule has 0 aromatic heterocycles. The van der Waals surface area contributed by atoms with Crippen LogP contribution in [-0.2, 0) is 20.9 Å². The van der Waals surface area contributed by atoms with E-state index in [0.717, 1.165) is 30.6 Å². The second-order valence-electron chi connectivity index (χ2n) is 8.42. The predicted molar refractivity (Wildman–Crippen MR) is 128 cm³/mol. The first-order valence-electron chi connectivity index (χ1n) is 11.5. The minimum atomic E-state index is -0.526. The largest absolute Gasteiger partial charge is 0.457 e. The van der Waals surface area contributed by atoms with Crippen LogP contribution in [-0.4, -0.2) is 18.3 Å². The number of ether oxygens (including phenoxy) is 2. The van der Waals surface area contributed by atoms with E-state index in [-0.39, 0.29) is 30.6 Å². The monoisotopic (exact) mass is 443 g/mol. The standard InChI is InChI=1S/C28H29NO4/c30-27(22-10-7-11-22)18-23(20-32-19-21-8-3-1-4-9-21)28(31)29-24-14-16-26(17-15-24)33-25-12-5-2-6-13-25/h1-6,8-9,12-17,22-23H,7,10-11,18-20H2,(H,29,31). The van der Waals surface area contributed by atoms with E-state index < -0.39 is 5.92 Å². The van der Waals surface area contributed by atoms with Crippen LogP contribution in [0.3, 0.4) is 0 Å². The molecule has 1 aliphatic rings. The number of rotatable bonds is 11. The summed E-state index contributed by atoms with van der Waals surface area (Å²) in [5.41, 5.74) is 1.69. The number of hydrogen-bond donors (Lipinski definition) is 1. The van der Waals surface area contributed by atoms with Crippen molar-refractivity contribution in [1.29, 1.82) is 0 Å². The predicted octanol–water partition coefficient (Wildman–Crippen LogP) is 6.01. The van der Waals surface area contributed by atoms with Gasteiger partial charge in [0.1, 0.15) is 17.3 Å². The number of nitrogens with one attached hydrogen (secondary N) is 1. The summed E-state index contributed by atoms with van der Waals surface area (Å²) in [5, 5.41) is 2.94. The minimum absolute atomic E-state index is 0.101. The summed E-state index contributed by atoms with van der Waals surface area (Å²) in [6, 6.07) is 26.6. The molecule has 0 radical (unpaired) electrons. The molecule has 5 nitrogen and oxygen atoms in total. The van der Waals surface area contributed by atoms with Crippen LogP contribution >= 0.6 is 0 Å². The summed E-state index contributed by atoms with van der Waals surface area (Å²) in [5.74, 6) is 0.969. The van der Waals surface area contributed by atoms with Crippen molar-refractivity contribution < 1.29 is 19.1 Å². The molecule has 1 atom stereocenters. The van der Waals surface area contributed by atoms with Crippen LogP contribution < -0.4 is 10.1 Å². The van der Waals surface area contributed by atoms with E-state index in [1.165, 1.54) is 0 Å². The van der Waals surface area contributed by atoms with Crippen LogP contribution in [0.4, 0.5) is 5.69 Å². The third-order valence-electron chi connectivity index (χ3n) is 5.91. The third-order valence-corrected chi connectivity index (χ3v) is 5.91. The van der Waals surface area contributed by atoms with Crippen molar-refractivity contribution in [2.45, 2.75) is 32.3 Å². The zero-order valence-electron chi connectivity index (χ0n) is 18.6. The number of benzene rings is 3. The lowest BCUT2D eigenvalue weighted by Crippen LogP contribution is -2.32. The first-order chi connectivity index (χ1) is 16.2. The van der Waals surface area contributed by atoms with E-state index in [1.807, 2.05) is 72.8 Å². The molecule has 1 saturated carbocycles. The van der Waals surface area contributed by atoms with Crippen molar-refractivity contribution in [2.75, 3.05) is 11.9 Å². The minimum Gasteiger partial charge on any atom is -0.457 e. The molecule has 1 fully saturated rings. The highest BCUT2D eigenvalue weighted by atomic mass is 16.5. The van der Waals surface area contributed by atoms with Gasteiger partial charge in [-0.3, -0.25) is 9.59 Å². The van der Waals surface area contributed by atoms with Gasteiger partial charge in [-0.1, -0.05) is 55.0 Å². The number of carbonyl (C=O) groups is 2. The Morgan fingerprint density at radius 2 is 1.48 bits per heavy atom. The number of carbonyl (C=O) groups excluding carboxylic acids is 2. The van der Waals surface area contributed by atoms with Gasteiger partial charge in [0.15, 0.2) is 0 Å². The first-order valence-corrected chi connectivity index (χ1v) is 11.5. The maximum atomic E-state index is 13.0. The normalized spacial score (nSPS) is 14.2. The van der Waals surface area contributed by atoms with Crippen LogP contribution in [0.15, 0.2) is 84.9 Å². The van der Waals surface area contributed by atoms with E-state index >= 15 is 0 Å². The molecule has 0 saturated heterocycles. The van der Waals surface area contributed by atoms with Gasteiger partial charge in [-0.2, -0.15) is 0 Å². The number of hydrogen-bond acceptors (Lipinski definition) is 4. The van der Waals surface area contributed by atoms with Crippen molar-refractivity contribution in [2.24, 2.45) is 11.8 Å². The Balaban J connectivity index is 1.35. The number of para-hydroxylation sites is 1. The average Bonchev–Trinajstić information content (AvgIpc) is 2.80. The maximum Gasteiger partial charge on any atom is 0.230 e. The number of amides is 1. The summed E-state index contributed by atoms with van der Waals surface area (Å²) >= 11 is 0. The van der Waals surface area contributed by atoms with Gasteiger partial charge in [0.05, 0.1) is 19.1 Å². The molecule has 1 unspecified atom stereocenters. The zero-order chi connectivity index (χ0) is 22.9. The van der Waals surface area contributed by atoms with Crippen LogP contribution in [0.1, 0.15) is 31.2 Å². The van der Waals surface area contributed by atoms with Gasteiger partial charge >= 0.3 is 0 Å². The average molecular weight is 444 g/mol. The van der Waals surface area contributed by atoms with Gasteiger partial charge < -0.3 is 14.8 Å². The van der Waals surface area contributed by atoms with E-state index in [2.05, 4.69) is 5.32 Å². The Hall–Kier alpha value is -3.44. The van der Waals surface area contributed by atoms with Crippen LogP contribution in [0.25, 0.3) is 0 Å². The van der Waals surface area contributed by atoms with Crippen LogP contribution in [0, 0.1) is 11.8 Å². The van der Waals surface area contributed by atoms with Gasteiger partial charge in [-0.05, 0) is 54.8 Å². The molecule has 0 aliphatic heterocycles. The van der Waals surface area contributed by atoms with Crippen LogP contribution in [0.5, 0.6) is 11.5 Å². The fourth-order valence-electron chi connectivity index (χ4n) is 3.74. The smallest absolute Gasteiger partial charge is 0.230 e. The Morgan fingerprint density at radius 3 is 2.12 bits per heavy atom. The lowest BCUT2D eigenvalue weighted by molar-refractivity contribution is -0.131. The quantitative estimate of drug-likeness (QED) is 0.394. The summed E-state index contributed by atoms with van der Waals surface area (Å²) in [6.07, 6.45) is 3.16. The third kappa shape index (κ3) is 6.77. The van der Waals surface area contributed by atoms with Gasteiger partial charge in [0.25, 0.3) is 0 Å².